The van der Waals surface area contributed by atoms with Crippen LogP contribution >= 0.6 is 0 Å². The van der Waals surface area contributed by atoms with Crippen molar-refractivity contribution >= 4 is 14.2 Å². The number of carbonyl (C=O) groups is 1. The van der Waals surface area contributed by atoms with Gasteiger partial charge < -0.3 is 9.33 Å². The van der Waals surface area contributed by atoms with Crippen molar-refractivity contribution in [2.45, 2.75) is 57.8 Å². The van der Waals surface area contributed by atoms with Crippen LogP contribution in [0.2, 0.25) is 18.1 Å². The highest BCUT2D eigenvalue weighted by Crippen LogP contribution is 2.37. The van der Waals surface area contributed by atoms with Crippen LogP contribution in [0.1, 0.15) is 44.0 Å². The Bertz CT molecular complexity index is 934. The summed E-state index contributed by atoms with van der Waals surface area (Å²) in [6, 6.07) is 18.0. The summed E-state index contributed by atoms with van der Waals surface area (Å²) in [7, 11) is -0.235. The summed E-state index contributed by atoms with van der Waals surface area (Å²) in [6.45, 7) is 11.9. The number of hydroxylamine groups is 1. The van der Waals surface area contributed by atoms with Gasteiger partial charge in [-0.3, -0.25) is 15.1 Å². The Morgan fingerprint density at radius 1 is 1.06 bits per heavy atom. The first-order valence-electron chi connectivity index (χ1n) is 11.2. The van der Waals surface area contributed by atoms with Gasteiger partial charge in [0.2, 0.25) is 0 Å². The Morgan fingerprint density at radius 2 is 1.69 bits per heavy atom. The first-order valence-corrected chi connectivity index (χ1v) is 14.1. The number of benzene rings is 2. The molecule has 1 heterocycles. The molecule has 1 atom stereocenters. The number of rotatable bonds is 8. The zero-order valence-corrected chi connectivity index (χ0v) is 21.1. The Kier molecular flexibility index (Phi) is 7.59. The van der Waals surface area contributed by atoms with Crippen molar-refractivity contribution in [3.63, 3.8) is 0 Å². The Labute approximate surface area is 193 Å². The lowest BCUT2D eigenvalue weighted by Crippen LogP contribution is -2.42. The highest BCUT2D eigenvalue weighted by Gasteiger charge is 2.38. The minimum atomic E-state index is -1.82. The van der Waals surface area contributed by atoms with E-state index < -0.39 is 8.32 Å². The maximum absolute atomic E-state index is 13.4. The van der Waals surface area contributed by atoms with E-state index in [2.05, 4.69) is 51.5 Å². The Balaban J connectivity index is 1.71. The minimum Gasteiger partial charge on any atom is -0.417 e. The van der Waals surface area contributed by atoms with Crippen LogP contribution in [0.15, 0.2) is 66.5 Å². The van der Waals surface area contributed by atoms with Gasteiger partial charge in [-0.2, -0.15) is 0 Å². The van der Waals surface area contributed by atoms with Crippen LogP contribution in [-0.2, 0) is 9.26 Å². The monoisotopic (exact) mass is 452 g/mol. The third kappa shape index (κ3) is 5.68. The molecule has 172 valence electrons. The van der Waals surface area contributed by atoms with Gasteiger partial charge in [-0.15, -0.1) is 0 Å². The molecule has 1 aliphatic heterocycles. The van der Waals surface area contributed by atoms with Gasteiger partial charge in [0.15, 0.2) is 8.32 Å². The van der Waals surface area contributed by atoms with Gasteiger partial charge in [-0.25, -0.2) is 0 Å². The van der Waals surface area contributed by atoms with E-state index in [1.807, 2.05) is 53.6 Å². The number of nitrogens with zero attached hydrogens (tertiary/aromatic N) is 1. The molecule has 1 amide bonds. The number of nitrogens with one attached hydrogen (secondary N) is 1. The molecule has 0 saturated heterocycles. The molecule has 2 aromatic rings. The van der Waals surface area contributed by atoms with E-state index in [9.17, 15) is 4.79 Å². The topological polar surface area (TPSA) is 50.8 Å². The third-order valence-corrected chi connectivity index (χ3v) is 11.1. The van der Waals surface area contributed by atoms with E-state index in [-0.39, 0.29) is 17.0 Å². The van der Waals surface area contributed by atoms with Gasteiger partial charge >= 0.3 is 0 Å². The maximum atomic E-state index is 13.4. The molecule has 2 aromatic carbocycles. The molecule has 5 nitrogen and oxygen atoms in total. The highest BCUT2D eigenvalue weighted by molar-refractivity contribution is 6.74. The minimum absolute atomic E-state index is 0.00478. The zero-order chi connectivity index (χ0) is 23.4. The van der Waals surface area contributed by atoms with Gasteiger partial charge in [0.25, 0.3) is 5.91 Å². The van der Waals surface area contributed by atoms with Crippen LogP contribution in [0.3, 0.4) is 0 Å². The summed E-state index contributed by atoms with van der Waals surface area (Å²) < 4.78 is 6.38. The quantitative estimate of drug-likeness (QED) is 0.396. The summed E-state index contributed by atoms with van der Waals surface area (Å²) >= 11 is 0. The summed E-state index contributed by atoms with van der Waals surface area (Å²) in [5, 5.41) is 0.166. The molecular weight excluding hydrogens is 416 g/mol. The Morgan fingerprint density at radius 3 is 2.28 bits per heavy atom. The first-order chi connectivity index (χ1) is 15.1. The van der Waals surface area contributed by atoms with Gasteiger partial charge in [0, 0.05) is 30.8 Å². The smallest absolute Gasteiger partial charge is 0.258 e. The summed E-state index contributed by atoms with van der Waals surface area (Å²) in [4.78, 5) is 20.3. The van der Waals surface area contributed by atoms with E-state index in [0.29, 0.717) is 12.2 Å². The molecule has 3 rings (SSSR count). The van der Waals surface area contributed by atoms with E-state index in [1.54, 1.807) is 7.11 Å². The SMILES string of the molecule is CONC1=CN(C(=O)c2ccc(-c3ccccc3)cc2)[C@H](CCO[Si](C)(C)C(C)(C)C)C1. The number of hydrogen-bond donors (Lipinski definition) is 1. The fourth-order valence-corrected chi connectivity index (χ4v) is 4.66. The zero-order valence-electron chi connectivity index (χ0n) is 20.1. The number of amides is 1. The maximum Gasteiger partial charge on any atom is 0.258 e. The average molecular weight is 453 g/mol. The van der Waals surface area contributed by atoms with Gasteiger partial charge in [-0.05, 0) is 47.8 Å². The second-order valence-corrected chi connectivity index (χ2v) is 14.7. The predicted molar refractivity (Wildman–Crippen MR) is 132 cm³/mol. The predicted octanol–water partition coefficient (Wildman–Crippen LogP) is 5.97. The van der Waals surface area contributed by atoms with E-state index in [1.165, 1.54) is 0 Å². The fourth-order valence-electron chi connectivity index (χ4n) is 3.59. The standard InChI is InChI=1S/C26H36N2O3Si/c1-26(2,3)32(5,6)31-17-16-24-18-23(27-30-4)19-28(24)25(29)22-14-12-21(13-15-22)20-10-8-7-9-11-20/h7-15,19,24,27H,16-18H2,1-6H3/t24-/m1/s1. The molecule has 0 unspecified atom stereocenters. The molecule has 0 aliphatic carbocycles. The molecular formula is C26H36N2O3Si. The van der Waals surface area contributed by atoms with Crippen molar-refractivity contribution in [2.75, 3.05) is 13.7 Å². The van der Waals surface area contributed by atoms with Gasteiger partial charge in [0.05, 0.1) is 12.8 Å². The van der Waals surface area contributed by atoms with Crippen LogP contribution < -0.4 is 5.48 Å². The van der Waals surface area contributed by atoms with Crippen molar-refractivity contribution in [1.82, 2.24) is 10.4 Å². The molecule has 0 radical (unpaired) electrons. The largest absolute Gasteiger partial charge is 0.417 e. The van der Waals surface area contributed by atoms with E-state index in [0.717, 1.165) is 29.7 Å². The molecule has 0 aromatic heterocycles. The molecule has 0 bridgehead atoms. The summed E-state index contributed by atoms with van der Waals surface area (Å²) in [5.74, 6) is -0.00478. The van der Waals surface area contributed by atoms with Crippen LogP contribution in [0.25, 0.3) is 11.1 Å². The van der Waals surface area contributed by atoms with Crippen LogP contribution in [0, 0.1) is 0 Å². The van der Waals surface area contributed by atoms with E-state index >= 15 is 0 Å². The molecule has 1 N–H and O–H groups in total. The van der Waals surface area contributed by atoms with Crippen LogP contribution in [0.4, 0.5) is 0 Å². The molecule has 1 aliphatic rings. The van der Waals surface area contributed by atoms with Crippen molar-refractivity contribution in [1.29, 1.82) is 0 Å². The lowest BCUT2D eigenvalue weighted by molar-refractivity contribution is 0.0767. The van der Waals surface area contributed by atoms with Crippen LogP contribution in [0.5, 0.6) is 0 Å². The second kappa shape index (κ2) is 10.0. The molecule has 0 spiro atoms. The number of carbonyl (C=O) groups excluding carboxylic acids is 1. The third-order valence-electron chi connectivity index (χ3n) is 6.57. The lowest BCUT2D eigenvalue weighted by Gasteiger charge is -2.36. The summed E-state index contributed by atoms with van der Waals surface area (Å²) in [5.41, 5.74) is 6.72. The highest BCUT2D eigenvalue weighted by atomic mass is 28.4. The molecule has 6 heteroatoms. The molecule has 32 heavy (non-hydrogen) atoms. The average Bonchev–Trinajstić information content (AvgIpc) is 3.16. The van der Waals surface area contributed by atoms with Crippen molar-refractivity contribution in [3.8, 4) is 11.1 Å². The van der Waals surface area contributed by atoms with Crippen molar-refractivity contribution in [3.05, 3.63) is 72.1 Å². The normalized spacial score (nSPS) is 16.8. The van der Waals surface area contributed by atoms with Crippen LogP contribution in [-0.4, -0.2) is 38.9 Å². The van der Waals surface area contributed by atoms with E-state index in [4.69, 9.17) is 9.26 Å². The first kappa shape index (κ1) is 24.2. The molecule has 0 fully saturated rings. The Hall–Kier alpha value is -2.41. The van der Waals surface area contributed by atoms with Crippen molar-refractivity contribution < 1.29 is 14.1 Å². The van der Waals surface area contributed by atoms with Gasteiger partial charge in [0.1, 0.15) is 0 Å². The van der Waals surface area contributed by atoms with Crippen molar-refractivity contribution in [2.24, 2.45) is 0 Å². The summed E-state index contributed by atoms with van der Waals surface area (Å²) in [6.07, 6.45) is 3.38. The van der Waals surface area contributed by atoms with Gasteiger partial charge in [-0.1, -0.05) is 63.2 Å². The fraction of sp³-hybridized carbons (Fsp3) is 0.423. The second-order valence-electron chi connectivity index (χ2n) is 9.87. The number of hydrogen-bond acceptors (Lipinski definition) is 4. The lowest BCUT2D eigenvalue weighted by atomic mass is 10.0. The molecule has 0 saturated carbocycles.